The van der Waals surface area contributed by atoms with Crippen LogP contribution in [0.15, 0.2) is 219 Å². The molecule has 0 saturated carbocycles. The number of para-hydroxylation sites is 4. The van der Waals surface area contributed by atoms with E-state index in [0.29, 0.717) is 111 Å². The largest absolute Gasteiger partial charge is 0.507 e. The van der Waals surface area contributed by atoms with Crippen LogP contribution in [0.1, 0.15) is 78.1 Å². The van der Waals surface area contributed by atoms with Crippen LogP contribution < -0.4 is 33.6 Å². The van der Waals surface area contributed by atoms with Crippen molar-refractivity contribution in [3.63, 3.8) is 0 Å². The molecule has 0 fully saturated rings. The third-order valence-corrected chi connectivity index (χ3v) is 15.4. The Morgan fingerprint density at radius 1 is 0.344 bits per heavy atom. The number of aliphatic hydroxyl groups excluding tert-OH is 2. The van der Waals surface area contributed by atoms with Gasteiger partial charge in [0, 0.05) is 67.3 Å². The number of hydrogen-bond donors (Lipinski definition) is 3. The minimum atomic E-state index is -0.587. The summed E-state index contributed by atoms with van der Waals surface area (Å²) in [6, 6.07) is 53.5. The summed E-state index contributed by atoms with van der Waals surface area (Å²) in [5.41, 5.74) is 3.93. The maximum Gasteiger partial charge on any atom is 0.330 e. The quantitative estimate of drug-likeness (QED) is 0.0198. The van der Waals surface area contributed by atoms with E-state index in [0.717, 1.165) is 26.9 Å². The topological polar surface area (TPSA) is 279 Å². The van der Waals surface area contributed by atoms with Gasteiger partial charge in [-0.05, 0) is 121 Å². The monoisotopic (exact) mass is 1290 g/mol. The number of aromatic hydroxyl groups is 1. The molecule has 0 radical (unpaired) electrons. The number of ketones is 1. The van der Waals surface area contributed by atoms with E-state index in [-0.39, 0.29) is 70.0 Å². The number of nitrogens with zero attached hydrogens (tertiary/aromatic N) is 3. The number of imide groups is 3. The highest BCUT2D eigenvalue weighted by Crippen LogP contribution is 2.45. The van der Waals surface area contributed by atoms with Gasteiger partial charge in [-0.3, -0.25) is 33.6 Å². The van der Waals surface area contributed by atoms with Gasteiger partial charge in [0.1, 0.15) is 68.4 Å². The molecule has 0 spiro atoms. The van der Waals surface area contributed by atoms with Crippen LogP contribution in [0.4, 0.5) is 17.1 Å². The number of rotatable bonds is 21. The van der Waals surface area contributed by atoms with Crippen LogP contribution in [0, 0.1) is 0 Å². The van der Waals surface area contributed by atoms with Gasteiger partial charge in [-0.25, -0.2) is 24.3 Å². The molecular formula is C75H57N3O18. The van der Waals surface area contributed by atoms with Crippen molar-refractivity contribution in [3.05, 3.63) is 264 Å². The van der Waals surface area contributed by atoms with Gasteiger partial charge < -0.3 is 43.7 Å². The average Bonchev–Trinajstić information content (AvgIpc) is 0.747. The fourth-order valence-electron chi connectivity index (χ4n) is 11.3. The molecule has 6 amide bonds. The molecule has 0 saturated heterocycles. The van der Waals surface area contributed by atoms with Crippen LogP contribution in [0.2, 0.25) is 0 Å². The number of aliphatic hydroxyl groups is 2. The van der Waals surface area contributed by atoms with Crippen molar-refractivity contribution < 1.29 is 86.9 Å². The fourth-order valence-corrected chi connectivity index (χ4v) is 11.3. The molecule has 0 atom stereocenters. The SMILES string of the molecule is C=CC(=O)OCCOc1ccc2c3c(ccc(OCCOC(=O)C=C)c13)C(=O)N(c1ccccc1)C2=O.O=C(c1ccccc1O)c1ccc2c3c(cccc13)C(=O)N(c1ccccc1)C2=O.O=C1c2ccc(OCCO)c3c(OCCO)ccc(c23)C(=O)N1c1ccccc1. The van der Waals surface area contributed by atoms with Crippen LogP contribution >= 0.6 is 0 Å². The van der Waals surface area contributed by atoms with Gasteiger partial charge in [0.15, 0.2) is 5.78 Å². The zero-order valence-electron chi connectivity index (χ0n) is 51.0. The molecule has 3 heterocycles. The number of ether oxygens (including phenoxy) is 6. The maximum absolute atomic E-state index is 13.5. The molecule has 0 aromatic heterocycles. The number of carbonyl (C=O) groups is 9. The van der Waals surface area contributed by atoms with E-state index >= 15 is 0 Å². The van der Waals surface area contributed by atoms with Crippen LogP contribution in [-0.4, -0.2) is 121 Å². The van der Waals surface area contributed by atoms with Crippen molar-refractivity contribution in [2.45, 2.75) is 0 Å². The van der Waals surface area contributed by atoms with Gasteiger partial charge in [0.25, 0.3) is 35.4 Å². The third kappa shape index (κ3) is 12.7. The first-order valence-electron chi connectivity index (χ1n) is 29.9. The minimum absolute atomic E-state index is 0.00662. The molecular weight excluding hydrogens is 1230 g/mol. The molecule has 3 aliphatic heterocycles. The van der Waals surface area contributed by atoms with Crippen molar-refractivity contribution in [1.82, 2.24) is 0 Å². The van der Waals surface area contributed by atoms with Crippen LogP contribution in [0.25, 0.3) is 32.3 Å². The van der Waals surface area contributed by atoms with Crippen molar-refractivity contribution in [3.8, 4) is 28.7 Å². The molecule has 3 aliphatic rings. The average molecular weight is 1290 g/mol. The Morgan fingerprint density at radius 3 is 1.04 bits per heavy atom. The van der Waals surface area contributed by atoms with Gasteiger partial charge in [0.2, 0.25) is 0 Å². The molecule has 96 heavy (non-hydrogen) atoms. The summed E-state index contributed by atoms with van der Waals surface area (Å²) in [4.78, 5) is 119. The molecule has 480 valence electrons. The molecule has 21 nitrogen and oxygen atoms in total. The minimum Gasteiger partial charge on any atom is -0.507 e. The third-order valence-electron chi connectivity index (χ3n) is 15.4. The number of amides is 6. The van der Waals surface area contributed by atoms with Crippen molar-refractivity contribution >= 4 is 103 Å². The Morgan fingerprint density at radius 2 is 0.677 bits per heavy atom. The van der Waals surface area contributed by atoms with Gasteiger partial charge in [-0.2, -0.15) is 0 Å². The lowest BCUT2D eigenvalue weighted by Crippen LogP contribution is -2.40. The fraction of sp³-hybridized carbons (Fsp3) is 0.107. The lowest BCUT2D eigenvalue weighted by molar-refractivity contribution is -0.139. The van der Waals surface area contributed by atoms with Crippen molar-refractivity contribution in [1.29, 1.82) is 0 Å². The molecule has 0 unspecified atom stereocenters. The number of phenols is 1. The number of hydrogen-bond acceptors (Lipinski definition) is 18. The molecule has 0 bridgehead atoms. The number of phenolic OH excluding ortho intramolecular Hbond substituents is 1. The Kier molecular flexibility index (Phi) is 19.6. The van der Waals surface area contributed by atoms with Crippen molar-refractivity contribution in [2.24, 2.45) is 0 Å². The second-order valence-corrected chi connectivity index (χ2v) is 21.1. The van der Waals surface area contributed by atoms with E-state index in [1.807, 2.05) is 12.1 Å². The highest BCUT2D eigenvalue weighted by atomic mass is 16.6. The molecule has 3 N–H and O–H groups in total. The van der Waals surface area contributed by atoms with Gasteiger partial charge in [-0.15, -0.1) is 0 Å². The van der Waals surface area contributed by atoms with E-state index < -0.39 is 47.4 Å². The summed E-state index contributed by atoms with van der Waals surface area (Å²) in [6.07, 6.45) is 2.09. The Labute approximate surface area is 547 Å². The Balaban J connectivity index is 0.000000148. The highest BCUT2D eigenvalue weighted by Gasteiger charge is 2.39. The number of anilines is 3. The molecule has 10 aromatic rings. The lowest BCUT2D eigenvalue weighted by atomic mass is 9.88. The number of esters is 2. The molecule has 0 aliphatic carbocycles. The second kappa shape index (κ2) is 28.9. The zero-order chi connectivity index (χ0) is 67.6. The number of carbonyl (C=O) groups excluding carboxylic acids is 9. The smallest absolute Gasteiger partial charge is 0.330 e. The Bertz CT molecular complexity index is 4620. The van der Waals surface area contributed by atoms with Crippen LogP contribution in [-0.2, 0) is 19.1 Å². The van der Waals surface area contributed by atoms with E-state index in [1.165, 1.54) is 6.07 Å². The predicted octanol–water partition coefficient (Wildman–Crippen LogP) is 10.8. The van der Waals surface area contributed by atoms with Gasteiger partial charge in [0.05, 0.1) is 46.6 Å². The predicted molar refractivity (Wildman–Crippen MR) is 355 cm³/mol. The second-order valence-electron chi connectivity index (χ2n) is 21.1. The van der Waals surface area contributed by atoms with Gasteiger partial charge in [-0.1, -0.05) is 92.0 Å². The summed E-state index contributed by atoms with van der Waals surface area (Å²) in [7, 11) is 0. The Hall–Kier alpha value is -12.6. The maximum atomic E-state index is 13.5. The summed E-state index contributed by atoms with van der Waals surface area (Å²) in [6.45, 7) is 6.35. The van der Waals surface area contributed by atoms with E-state index in [9.17, 15) is 48.3 Å². The standard InChI is InChI=1S/C28H23NO8.C25H15NO4.C22H19NO6/c1-3-23(30)36-16-14-34-21-12-10-19-25-20(28(33)29(27(19)32)18-8-6-5-7-9-18)11-13-22(26(21)25)35-15-17-37-24(31)4-2;27-21-12-5-4-9-18(21)23(28)17-13-14-20-22-16(17)10-6-11-19(22)24(29)26(25(20)30)15-7-2-1-3-8-15;24-10-12-28-17-8-6-15-19-16(7-9-18(20(17)19)29-13-11-25)22(27)23(21(15)26)14-4-2-1-3-5-14/h3-13H,1-2,14-17H2;1-14,27H;1-9,24-25H,10-13H2. The lowest BCUT2D eigenvalue weighted by Gasteiger charge is -2.28. The zero-order valence-corrected chi connectivity index (χ0v) is 51.0. The van der Waals surface area contributed by atoms with E-state index in [2.05, 4.69) is 13.2 Å². The highest BCUT2D eigenvalue weighted by molar-refractivity contribution is 6.39. The molecule has 13 rings (SSSR count). The first kappa shape index (κ1) is 64.9. The van der Waals surface area contributed by atoms with E-state index in [1.54, 1.807) is 176 Å². The molecule has 21 heteroatoms. The summed E-state index contributed by atoms with van der Waals surface area (Å²) in [5, 5.41) is 31.0. The van der Waals surface area contributed by atoms with Crippen LogP contribution in [0.3, 0.4) is 0 Å². The summed E-state index contributed by atoms with van der Waals surface area (Å²) in [5.74, 6) is -2.97. The van der Waals surface area contributed by atoms with E-state index in [4.69, 9.17) is 38.6 Å². The first-order valence-corrected chi connectivity index (χ1v) is 29.9. The first-order chi connectivity index (χ1) is 46.7. The summed E-state index contributed by atoms with van der Waals surface area (Å²) >= 11 is 0. The molecule has 10 aromatic carbocycles. The van der Waals surface area contributed by atoms with Crippen molar-refractivity contribution in [2.75, 3.05) is 67.6 Å². The summed E-state index contributed by atoms with van der Waals surface area (Å²) < 4.78 is 32.9. The van der Waals surface area contributed by atoms with Gasteiger partial charge >= 0.3 is 11.9 Å². The number of benzene rings is 10. The van der Waals surface area contributed by atoms with Crippen LogP contribution in [0.5, 0.6) is 28.7 Å². The normalized spacial score (nSPS) is 12.7.